The monoisotopic (exact) mass is 202 g/mol. The van der Waals surface area contributed by atoms with Crippen molar-refractivity contribution in [1.82, 2.24) is 10.6 Å². The van der Waals surface area contributed by atoms with E-state index in [1.54, 1.807) is 6.92 Å². The van der Waals surface area contributed by atoms with Gasteiger partial charge in [-0.1, -0.05) is 0 Å². The molecule has 0 aromatic heterocycles. The average molecular weight is 202 g/mol. The van der Waals surface area contributed by atoms with Crippen LogP contribution in [0.5, 0.6) is 0 Å². The summed E-state index contributed by atoms with van der Waals surface area (Å²) < 4.78 is 0. The molecule has 5 nitrogen and oxygen atoms in total. The van der Waals surface area contributed by atoms with Crippen molar-refractivity contribution < 1.29 is 14.7 Å². The maximum atomic E-state index is 11.1. The van der Waals surface area contributed by atoms with Crippen LogP contribution in [0.3, 0.4) is 0 Å². The summed E-state index contributed by atoms with van der Waals surface area (Å²) in [4.78, 5) is 21.5. The van der Waals surface area contributed by atoms with Crippen molar-refractivity contribution in [2.45, 2.75) is 32.8 Å². The number of aliphatic hydroxyl groups is 1. The molecule has 0 radical (unpaired) electrons. The molecule has 0 aromatic carbocycles. The third-order valence-electron chi connectivity index (χ3n) is 1.61. The van der Waals surface area contributed by atoms with Gasteiger partial charge in [0.05, 0.1) is 6.10 Å². The van der Waals surface area contributed by atoms with Gasteiger partial charge in [-0.3, -0.25) is 9.59 Å². The summed E-state index contributed by atoms with van der Waals surface area (Å²) in [5.41, 5.74) is 0. The Kier molecular flexibility index (Phi) is 6.74. The molecule has 0 aliphatic heterocycles. The van der Waals surface area contributed by atoms with Crippen molar-refractivity contribution >= 4 is 11.8 Å². The molecule has 0 rings (SSSR count). The minimum absolute atomic E-state index is 0.101. The standard InChI is InChI=1S/C9H18N2O3/c1-7(12)3-4-9(14)11-6-5-10-8(2)13/h7,12H,3-6H2,1-2H3,(H,10,13)(H,11,14). The highest BCUT2D eigenvalue weighted by molar-refractivity contribution is 5.76. The number of amides is 2. The zero-order valence-corrected chi connectivity index (χ0v) is 8.67. The van der Waals surface area contributed by atoms with E-state index in [2.05, 4.69) is 10.6 Å². The average Bonchev–Trinajstić information content (AvgIpc) is 2.08. The van der Waals surface area contributed by atoms with Crippen LogP contribution in [0.1, 0.15) is 26.7 Å². The van der Waals surface area contributed by atoms with E-state index < -0.39 is 6.10 Å². The Morgan fingerprint density at radius 3 is 2.36 bits per heavy atom. The highest BCUT2D eigenvalue weighted by Crippen LogP contribution is 1.94. The molecule has 1 unspecified atom stereocenters. The second-order valence-electron chi connectivity index (χ2n) is 3.22. The molecule has 1 atom stereocenters. The first-order valence-electron chi connectivity index (χ1n) is 4.71. The lowest BCUT2D eigenvalue weighted by Gasteiger charge is -2.06. The summed E-state index contributed by atoms with van der Waals surface area (Å²) >= 11 is 0. The minimum atomic E-state index is -0.448. The highest BCUT2D eigenvalue weighted by Gasteiger charge is 2.02. The number of aliphatic hydroxyl groups excluding tert-OH is 1. The summed E-state index contributed by atoms with van der Waals surface area (Å²) in [6, 6.07) is 0. The predicted molar refractivity (Wildman–Crippen MR) is 52.6 cm³/mol. The van der Waals surface area contributed by atoms with Crippen molar-refractivity contribution in [2.75, 3.05) is 13.1 Å². The minimum Gasteiger partial charge on any atom is -0.393 e. The molecule has 14 heavy (non-hydrogen) atoms. The van der Waals surface area contributed by atoms with Crippen molar-refractivity contribution in [3.8, 4) is 0 Å². The Morgan fingerprint density at radius 2 is 1.86 bits per heavy atom. The Balaban J connectivity index is 3.31. The van der Waals surface area contributed by atoms with Crippen molar-refractivity contribution in [3.63, 3.8) is 0 Å². The van der Waals surface area contributed by atoms with Crippen molar-refractivity contribution in [2.24, 2.45) is 0 Å². The largest absolute Gasteiger partial charge is 0.393 e. The van der Waals surface area contributed by atoms with E-state index in [0.29, 0.717) is 25.9 Å². The van der Waals surface area contributed by atoms with E-state index in [-0.39, 0.29) is 11.8 Å². The normalized spacial score (nSPS) is 11.9. The van der Waals surface area contributed by atoms with Gasteiger partial charge >= 0.3 is 0 Å². The third-order valence-corrected chi connectivity index (χ3v) is 1.61. The van der Waals surface area contributed by atoms with Gasteiger partial charge < -0.3 is 15.7 Å². The van der Waals surface area contributed by atoms with Gasteiger partial charge in [-0.25, -0.2) is 0 Å². The number of hydrogen-bond acceptors (Lipinski definition) is 3. The summed E-state index contributed by atoms with van der Waals surface area (Å²) in [5.74, 6) is -0.209. The highest BCUT2D eigenvalue weighted by atomic mass is 16.3. The summed E-state index contributed by atoms with van der Waals surface area (Å²) in [5, 5.41) is 14.1. The van der Waals surface area contributed by atoms with Crippen LogP contribution < -0.4 is 10.6 Å². The van der Waals surface area contributed by atoms with Gasteiger partial charge in [-0.15, -0.1) is 0 Å². The summed E-state index contributed by atoms with van der Waals surface area (Å²) in [7, 11) is 0. The summed E-state index contributed by atoms with van der Waals surface area (Å²) in [6.07, 6.45) is 0.333. The lowest BCUT2D eigenvalue weighted by molar-refractivity contribution is -0.122. The zero-order valence-electron chi connectivity index (χ0n) is 8.67. The van der Waals surface area contributed by atoms with Crippen LogP contribution in [-0.4, -0.2) is 36.1 Å². The molecule has 0 aliphatic carbocycles. The molecule has 0 fully saturated rings. The fourth-order valence-corrected chi connectivity index (χ4v) is 0.869. The van der Waals surface area contributed by atoms with Crippen LogP contribution in [0.25, 0.3) is 0 Å². The van der Waals surface area contributed by atoms with Crippen LogP contribution in [0.15, 0.2) is 0 Å². The van der Waals surface area contributed by atoms with E-state index in [1.807, 2.05) is 0 Å². The third kappa shape index (κ3) is 8.99. The van der Waals surface area contributed by atoms with Gasteiger partial charge in [0.1, 0.15) is 0 Å². The first kappa shape index (κ1) is 12.9. The molecule has 0 bridgehead atoms. The van der Waals surface area contributed by atoms with E-state index >= 15 is 0 Å². The van der Waals surface area contributed by atoms with Crippen molar-refractivity contribution in [3.05, 3.63) is 0 Å². The van der Waals surface area contributed by atoms with E-state index in [9.17, 15) is 9.59 Å². The molecule has 3 N–H and O–H groups in total. The Hall–Kier alpha value is -1.10. The number of hydrogen-bond donors (Lipinski definition) is 3. The Bertz CT molecular complexity index is 192. The lowest BCUT2D eigenvalue weighted by Crippen LogP contribution is -2.33. The zero-order chi connectivity index (χ0) is 11.0. The Labute approximate surface area is 83.9 Å². The molecular formula is C9H18N2O3. The number of nitrogens with one attached hydrogen (secondary N) is 2. The molecule has 0 aromatic rings. The van der Waals surface area contributed by atoms with Crippen LogP contribution >= 0.6 is 0 Å². The van der Waals surface area contributed by atoms with Crippen LogP contribution in [0.4, 0.5) is 0 Å². The van der Waals surface area contributed by atoms with Gasteiger partial charge in [0.15, 0.2) is 0 Å². The molecule has 0 aliphatic rings. The van der Waals surface area contributed by atoms with Gasteiger partial charge in [-0.05, 0) is 13.3 Å². The molecule has 5 heteroatoms. The first-order valence-corrected chi connectivity index (χ1v) is 4.71. The summed E-state index contributed by atoms with van der Waals surface area (Å²) in [6.45, 7) is 3.94. The molecule has 0 saturated heterocycles. The number of rotatable bonds is 6. The van der Waals surface area contributed by atoms with Gasteiger partial charge in [-0.2, -0.15) is 0 Å². The molecule has 0 spiro atoms. The van der Waals surface area contributed by atoms with Crippen LogP contribution in [0, 0.1) is 0 Å². The molecule has 0 heterocycles. The van der Waals surface area contributed by atoms with Gasteiger partial charge in [0, 0.05) is 26.4 Å². The molecule has 0 saturated carbocycles. The molecular weight excluding hydrogens is 184 g/mol. The van der Waals surface area contributed by atoms with Crippen LogP contribution in [0.2, 0.25) is 0 Å². The van der Waals surface area contributed by atoms with E-state index in [4.69, 9.17) is 5.11 Å². The first-order chi connectivity index (χ1) is 6.52. The molecule has 2 amide bonds. The van der Waals surface area contributed by atoms with Crippen LogP contribution in [-0.2, 0) is 9.59 Å². The maximum absolute atomic E-state index is 11.1. The second kappa shape index (κ2) is 7.32. The fraction of sp³-hybridized carbons (Fsp3) is 0.778. The fourth-order valence-electron chi connectivity index (χ4n) is 0.869. The van der Waals surface area contributed by atoms with Gasteiger partial charge in [0.25, 0.3) is 0 Å². The predicted octanol–water partition coefficient (Wildman–Crippen LogP) is -0.600. The van der Waals surface area contributed by atoms with E-state index in [0.717, 1.165) is 0 Å². The smallest absolute Gasteiger partial charge is 0.220 e. The lowest BCUT2D eigenvalue weighted by atomic mass is 10.2. The Morgan fingerprint density at radius 1 is 1.29 bits per heavy atom. The number of carbonyl (C=O) groups excluding carboxylic acids is 2. The maximum Gasteiger partial charge on any atom is 0.220 e. The van der Waals surface area contributed by atoms with Crippen molar-refractivity contribution in [1.29, 1.82) is 0 Å². The van der Waals surface area contributed by atoms with Gasteiger partial charge in [0.2, 0.25) is 11.8 Å². The second-order valence-corrected chi connectivity index (χ2v) is 3.22. The SMILES string of the molecule is CC(=O)NCCNC(=O)CCC(C)O. The quantitative estimate of drug-likeness (QED) is 0.503. The van der Waals surface area contributed by atoms with E-state index in [1.165, 1.54) is 6.92 Å². The molecule has 82 valence electrons. The number of carbonyl (C=O) groups is 2. The topological polar surface area (TPSA) is 78.4 Å².